The van der Waals surface area contributed by atoms with Crippen molar-refractivity contribution in [3.8, 4) is 23.0 Å². The van der Waals surface area contributed by atoms with Crippen molar-refractivity contribution in [2.75, 3.05) is 26.4 Å². The lowest BCUT2D eigenvalue weighted by Crippen LogP contribution is -2.10. The van der Waals surface area contributed by atoms with Gasteiger partial charge in [0.15, 0.2) is 0 Å². The number of carbonyl (C=O) groups excluding carboxylic acids is 4. The highest BCUT2D eigenvalue weighted by atomic mass is 16.5. The number of hydrogen-bond acceptors (Lipinski definition) is 10. The zero-order valence-electron chi connectivity index (χ0n) is 27.9. The lowest BCUT2D eigenvalue weighted by molar-refractivity contribution is -0.144. The van der Waals surface area contributed by atoms with E-state index in [4.69, 9.17) is 28.4 Å². The molecule has 3 rings (SSSR count). The molecule has 48 heavy (non-hydrogen) atoms. The molecule has 10 nitrogen and oxygen atoms in total. The Kier molecular flexibility index (Phi) is 17.1. The normalized spacial score (nSPS) is 10.5. The van der Waals surface area contributed by atoms with Crippen LogP contribution in [-0.2, 0) is 19.1 Å². The quantitative estimate of drug-likeness (QED) is 0.0596. The molecule has 0 saturated carbocycles. The van der Waals surface area contributed by atoms with Crippen LogP contribution in [-0.4, -0.2) is 50.3 Å². The van der Waals surface area contributed by atoms with Gasteiger partial charge in [0, 0.05) is 12.8 Å². The number of esters is 4. The number of unbranched alkanes of at least 4 members (excludes halogenated alkanes) is 6. The highest BCUT2D eigenvalue weighted by Gasteiger charge is 2.12. The van der Waals surface area contributed by atoms with Gasteiger partial charge < -0.3 is 28.4 Å². The molecule has 0 spiro atoms. The summed E-state index contributed by atoms with van der Waals surface area (Å²) < 4.78 is 32.5. The predicted octanol–water partition coefficient (Wildman–Crippen LogP) is 7.91. The molecule has 0 heterocycles. The molecule has 10 heteroatoms. The molecule has 0 N–H and O–H groups in total. The molecule has 0 atom stereocenters. The molecule has 0 unspecified atom stereocenters. The number of rotatable bonds is 22. The van der Waals surface area contributed by atoms with Gasteiger partial charge in [-0.15, -0.1) is 0 Å². The first kappa shape index (κ1) is 37.6. The smallest absolute Gasteiger partial charge is 0.343 e. The first-order valence-corrected chi connectivity index (χ1v) is 16.7. The average molecular weight is 663 g/mol. The zero-order chi connectivity index (χ0) is 34.4. The van der Waals surface area contributed by atoms with Crippen LogP contribution < -0.4 is 18.9 Å². The van der Waals surface area contributed by atoms with Gasteiger partial charge >= 0.3 is 23.9 Å². The standard InChI is InChI=1S/C38H46O10/c1-3-35(39)45-27-11-7-5-9-25-43-31-17-13-29(14-18-31)37(41)47-33-21-23-34(24-22-33)48-38(42)30-15-19-32(20-16-30)44-26-10-6-8-12-28-46-36(40)4-2/h13-24H,3-12,25-28H2,1-2H3. The van der Waals surface area contributed by atoms with Crippen molar-refractivity contribution < 1.29 is 47.6 Å². The fourth-order valence-corrected chi connectivity index (χ4v) is 4.35. The van der Waals surface area contributed by atoms with E-state index in [0.29, 0.717) is 73.4 Å². The molecule has 0 radical (unpaired) electrons. The second kappa shape index (κ2) is 21.8. The van der Waals surface area contributed by atoms with E-state index in [0.717, 1.165) is 51.4 Å². The van der Waals surface area contributed by atoms with Gasteiger partial charge in [-0.1, -0.05) is 13.8 Å². The van der Waals surface area contributed by atoms with Crippen molar-refractivity contribution in [3.05, 3.63) is 83.9 Å². The van der Waals surface area contributed by atoms with Crippen molar-refractivity contribution in [3.63, 3.8) is 0 Å². The van der Waals surface area contributed by atoms with Crippen LogP contribution >= 0.6 is 0 Å². The summed E-state index contributed by atoms with van der Waals surface area (Å²) in [7, 11) is 0. The number of benzene rings is 3. The van der Waals surface area contributed by atoms with Gasteiger partial charge in [0.2, 0.25) is 0 Å². The fraction of sp³-hybridized carbons (Fsp3) is 0.421. The van der Waals surface area contributed by atoms with Crippen LogP contribution in [0.3, 0.4) is 0 Å². The van der Waals surface area contributed by atoms with Crippen molar-refractivity contribution in [1.29, 1.82) is 0 Å². The monoisotopic (exact) mass is 662 g/mol. The minimum absolute atomic E-state index is 0.169. The molecule has 0 aliphatic rings. The molecule has 3 aromatic rings. The summed E-state index contributed by atoms with van der Waals surface area (Å²) in [5.41, 5.74) is 0.747. The summed E-state index contributed by atoms with van der Waals surface area (Å²) in [5, 5.41) is 0. The maximum atomic E-state index is 12.6. The van der Waals surface area contributed by atoms with Crippen molar-refractivity contribution in [2.45, 2.75) is 78.1 Å². The predicted molar refractivity (Wildman–Crippen MR) is 180 cm³/mol. The minimum Gasteiger partial charge on any atom is -0.494 e. The molecule has 0 amide bonds. The Morgan fingerprint density at radius 2 is 0.729 bits per heavy atom. The van der Waals surface area contributed by atoms with Gasteiger partial charge in [-0.05, 0) is 124 Å². The van der Waals surface area contributed by atoms with Crippen molar-refractivity contribution in [2.24, 2.45) is 0 Å². The zero-order valence-corrected chi connectivity index (χ0v) is 27.9. The van der Waals surface area contributed by atoms with E-state index in [2.05, 4.69) is 0 Å². The van der Waals surface area contributed by atoms with E-state index in [9.17, 15) is 19.2 Å². The van der Waals surface area contributed by atoms with E-state index in [1.54, 1.807) is 86.6 Å². The molecule has 0 bridgehead atoms. The van der Waals surface area contributed by atoms with Gasteiger partial charge in [0.25, 0.3) is 0 Å². The third-order valence-electron chi connectivity index (χ3n) is 7.14. The summed E-state index contributed by atoms with van der Waals surface area (Å²) in [6, 6.07) is 19.7. The van der Waals surface area contributed by atoms with Gasteiger partial charge in [0.05, 0.1) is 37.6 Å². The van der Waals surface area contributed by atoms with Crippen LogP contribution in [0.15, 0.2) is 72.8 Å². The average Bonchev–Trinajstić information content (AvgIpc) is 3.11. The van der Waals surface area contributed by atoms with Crippen molar-refractivity contribution >= 4 is 23.9 Å². The molecule has 258 valence electrons. The third-order valence-corrected chi connectivity index (χ3v) is 7.14. The van der Waals surface area contributed by atoms with Gasteiger partial charge in [-0.2, -0.15) is 0 Å². The lowest BCUT2D eigenvalue weighted by atomic mass is 10.2. The van der Waals surface area contributed by atoms with Crippen LogP contribution in [0.2, 0.25) is 0 Å². The highest BCUT2D eigenvalue weighted by Crippen LogP contribution is 2.22. The van der Waals surface area contributed by atoms with E-state index < -0.39 is 11.9 Å². The summed E-state index contributed by atoms with van der Waals surface area (Å²) in [6.07, 6.45) is 8.10. The summed E-state index contributed by atoms with van der Waals surface area (Å²) in [4.78, 5) is 47.5. The van der Waals surface area contributed by atoms with Crippen LogP contribution in [0.5, 0.6) is 23.0 Å². The largest absolute Gasteiger partial charge is 0.494 e. The molecular formula is C38H46O10. The Balaban J connectivity index is 1.31. The molecule has 0 aromatic heterocycles. The van der Waals surface area contributed by atoms with Crippen molar-refractivity contribution in [1.82, 2.24) is 0 Å². The minimum atomic E-state index is -0.521. The molecule has 0 aliphatic carbocycles. The maximum absolute atomic E-state index is 12.6. The second-order valence-electron chi connectivity index (χ2n) is 11.0. The third kappa shape index (κ3) is 14.7. The maximum Gasteiger partial charge on any atom is 0.343 e. The van der Waals surface area contributed by atoms with E-state index >= 15 is 0 Å². The molecule has 0 saturated heterocycles. The highest BCUT2D eigenvalue weighted by molar-refractivity contribution is 5.92. The van der Waals surface area contributed by atoms with Gasteiger partial charge in [-0.3, -0.25) is 9.59 Å². The molecular weight excluding hydrogens is 616 g/mol. The second-order valence-corrected chi connectivity index (χ2v) is 11.0. The van der Waals surface area contributed by atoms with Crippen LogP contribution in [0, 0.1) is 0 Å². The molecule has 0 fully saturated rings. The number of ether oxygens (including phenoxy) is 6. The Hall–Kier alpha value is -4.86. The first-order chi connectivity index (χ1) is 23.4. The summed E-state index contributed by atoms with van der Waals surface area (Å²) in [6.45, 7) is 5.58. The van der Waals surface area contributed by atoms with E-state index in [1.807, 2.05) is 0 Å². The topological polar surface area (TPSA) is 124 Å². The molecule has 0 aliphatic heterocycles. The van der Waals surface area contributed by atoms with E-state index in [-0.39, 0.29) is 11.9 Å². The van der Waals surface area contributed by atoms with E-state index in [1.165, 1.54) is 0 Å². The Morgan fingerprint density at radius 3 is 1.06 bits per heavy atom. The molecule has 3 aromatic carbocycles. The summed E-state index contributed by atoms with van der Waals surface area (Å²) in [5.74, 6) is 0.562. The Morgan fingerprint density at radius 1 is 0.417 bits per heavy atom. The SMILES string of the molecule is CCC(=O)OCCCCCCOc1ccc(C(=O)Oc2ccc(OC(=O)c3ccc(OCCCCCCOC(=O)CC)cc3)cc2)cc1. The fourth-order valence-electron chi connectivity index (χ4n) is 4.35. The van der Waals surface area contributed by atoms with Gasteiger partial charge in [0.1, 0.15) is 23.0 Å². The van der Waals surface area contributed by atoms with Gasteiger partial charge in [-0.25, -0.2) is 9.59 Å². The Bertz CT molecular complexity index is 1290. The first-order valence-electron chi connectivity index (χ1n) is 16.7. The Labute approximate surface area is 282 Å². The van der Waals surface area contributed by atoms with Crippen LogP contribution in [0.25, 0.3) is 0 Å². The lowest BCUT2D eigenvalue weighted by Gasteiger charge is -2.09. The summed E-state index contributed by atoms with van der Waals surface area (Å²) >= 11 is 0. The van der Waals surface area contributed by atoms with Crippen LogP contribution in [0.4, 0.5) is 0 Å². The van der Waals surface area contributed by atoms with Crippen LogP contribution in [0.1, 0.15) is 98.8 Å². The number of carbonyl (C=O) groups is 4. The number of hydrogen-bond donors (Lipinski definition) is 0.